The Morgan fingerprint density at radius 3 is 2.60 bits per heavy atom. The van der Waals surface area contributed by atoms with Crippen LogP contribution in [0.5, 0.6) is 0 Å². The van der Waals surface area contributed by atoms with Gasteiger partial charge < -0.3 is 19.6 Å². The molecule has 1 amide bonds. The molecule has 0 radical (unpaired) electrons. The van der Waals surface area contributed by atoms with Crippen molar-refractivity contribution in [2.45, 2.75) is 38.5 Å². The van der Waals surface area contributed by atoms with E-state index in [9.17, 15) is 18.0 Å². The van der Waals surface area contributed by atoms with E-state index >= 15 is 0 Å². The summed E-state index contributed by atoms with van der Waals surface area (Å²) in [6, 6.07) is 8.87. The summed E-state index contributed by atoms with van der Waals surface area (Å²) in [4.78, 5) is 28.3. The van der Waals surface area contributed by atoms with Gasteiger partial charge in [0.05, 0.1) is 18.7 Å². The van der Waals surface area contributed by atoms with Crippen molar-refractivity contribution in [3.63, 3.8) is 0 Å². The van der Waals surface area contributed by atoms with Crippen molar-refractivity contribution in [2.75, 3.05) is 25.0 Å². The Hall–Kier alpha value is -3.44. The molecule has 3 aromatic rings. The quantitative estimate of drug-likeness (QED) is 0.474. The second-order valence-electron chi connectivity index (χ2n) is 8.45. The highest BCUT2D eigenvalue weighted by Crippen LogP contribution is 2.31. The molecular formula is C24H28N4O6S. The summed E-state index contributed by atoms with van der Waals surface area (Å²) >= 11 is 0. The summed E-state index contributed by atoms with van der Waals surface area (Å²) in [6.07, 6.45) is 2.64. The number of aromatic amines is 1. The number of piperidine rings is 1. The van der Waals surface area contributed by atoms with Gasteiger partial charge in [0.1, 0.15) is 10.5 Å². The molecule has 1 unspecified atom stereocenters. The number of carbonyl (C=O) groups excluding carboxylic acids is 2. The van der Waals surface area contributed by atoms with Gasteiger partial charge in [-0.15, -0.1) is 0 Å². The standard InChI is InChI=1S/C24H28N4O6S/c1-4-33-24(30)21-15(2)26-16(3)22(21)35(31,32)28-13-5-6-18(14-28)23(29)27-19-9-7-17(8-10-19)20-11-12-25-34-20/h7-12,18,26H,4-6,13-14H2,1-3H3,(H,27,29). The third-order valence-electron chi connectivity index (χ3n) is 6.02. The zero-order valence-corrected chi connectivity index (χ0v) is 20.6. The molecule has 3 heterocycles. The molecule has 4 rings (SSSR count). The van der Waals surface area contributed by atoms with Gasteiger partial charge >= 0.3 is 5.97 Å². The van der Waals surface area contributed by atoms with E-state index in [1.807, 2.05) is 12.1 Å². The van der Waals surface area contributed by atoms with Crippen molar-refractivity contribution < 1.29 is 27.3 Å². The van der Waals surface area contributed by atoms with Crippen LogP contribution in [0.4, 0.5) is 5.69 Å². The van der Waals surface area contributed by atoms with Crippen molar-refractivity contribution >= 4 is 27.6 Å². The average Bonchev–Trinajstić information content (AvgIpc) is 3.47. The van der Waals surface area contributed by atoms with Crippen LogP contribution in [0.15, 0.2) is 45.9 Å². The van der Waals surface area contributed by atoms with Gasteiger partial charge in [0.15, 0.2) is 5.76 Å². The maximum atomic E-state index is 13.6. The van der Waals surface area contributed by atoms with Crippen LogP contribution in [-0.4, -0.2) is 54.4 Å². The van der Waals surface area contributed by atoms with Gasteiger partial charge in [-0.3, -0.25) is 4.79 Å². The molecule has 11 heteroatoms. The number of carbonyl (C=O) groups is 2. The molecule has 0 aliphatic carbocycles. The molecule has 186 valence electrons. The molecular weight excluding hydrogens is 472 g/mol. The van der Waals surface area contributed by atoms with Crippen LogP contribution in [0.2, 0.25) is 0 Å². The Balaban J connectivity index is 1.50. The number of nitrogens with one attached hydrogen (secondary N) is 2. The minimum absolute atomic E-state index is 0.0165. The summed E-state index contributed by atoms with van der Waals surface area (Å²) in [5.41, 5.74) is 2.23. The minimum Gasteiger partial charge on any atom is -0.462 e. The number of esters is 1. The predicted molar refractivity (Wildman–Crippen MR) is 128 cm³/mol. The van der Waals surface area contributed by atoms with Crippen LogP contribution in [0.1, 0.15) is 41.5 Å². The number of benzene rings is 1. The smallest absolute Gasteiger partial charge is 0.341 e. The second-order valence-corrected chi connectivity index (χ2v) is 10.3. The molecule has 2 N–H and O–H groups in total. The highest BCUT2D eigenvalue weighted by molar-refractivity contribution is 7.89. The molecule has 1 atom stereocenters. The number of anilines is 1. The number of amides is 1. The van der Waals surface area contributed by atoms with Crippen LogP contribution in [-0.2, 0) is 19.6 Å². The monoisotopic (exact) mass is 500 g/mol. The minimum atomic E-state index is -4.03. The lowest BCUT2D eigenvalue weighted by atomic mass is 9.98. The Bertz CT molecular complexity index is 1310. The fraction of sp³-hybridized carbons (Fsp3) is 0.375. The number of hydrogen-bond acceptors (Lipinski definition) is 7. The summed E-state index contributed by atoms with van der Waals surface area (Å²) in [6.45, 7) is 5.33. The van der Waals surface area contributed by atoms with Crippen LogP contribution >= 0.6 is 0 Å². The first kappa shape index (κ1) is 24.7. The predicted octanol–water partition coefficient (Wildman–Crippen LogP) is 3.50. The van der Waals surface area contributed by atoms with Gasteiger partial charge in [-0.2, -0.15) is 4.31 Å². The Morgan fingerprint density at radius 2 is 1.94 bits per heavy atom. The summed E-state index contributed by atoms with van der Waals surface area (Å²) < 4.78 is 38.7. The van der Waals surface area contributed by atoms with E-state index in [4.69, 9.17) is 9.26 Å². The van der Waals surface area contributed by atoms with Crippen LogP contribution in [0, 0.1) is 19.8 Å². The third-order valence-corrected chi connectivity index (χ3v) is 8.06. The number of ether oxygens (including phenoxy) is 1. The topological polar surface area (TPSA) is 135 Å². The summed E-state index contributed by atoms with van der Waals surface area (Å²) in [7, 11) is -4.03. The normalized spacial score (nSPS) is 16.7. The zero-order chi connectivity index (χ0) is 25.2. The van der Waals surface area contributed by atoms with Gasteiger partial charge in [-0.05, 0) is 57.9 Å². The highest BCUT2D eigenvalue weighted by atomic mass is 32.2. The average molecular weight is 501 g/mol. The summed E-state index contributed by atoms with van der Waals surface area (Å²) in [5.74, 6) is -0.856. The lowest BCUT2D eigenvalue weighted by molar-refractivity contribution is -0.120. The van der Waals surface area contributed by atoms with Crippen LogP contribution < -0.4 is 5.32 Å². The molecule has 35 heavy (non-hydrogen) atoms. The molecule has 1 aromatic carbocycles. The molecule has 10 nitrogen and oxygen atoms in total. The van der Waals surface area contributed by atoms with E-state index in [1.165, 1.54) is 4.31 Å². The lowest BCUT2D eigenvalue weighted by Gasteiger charge is -2.31. The van der Waals surface area contributed by atoms with Gasteiger partial charge in [-0.25, -0.2) is 13.2 Å². The fourth-order valence-electron chi connectivity index (χ4n) is 4.36. The molecule has 1 aliphatic heterocycles. The zero-order valence-electron chi connectivity index (χ0n) is 19.8. The number of sulfonamides is 1. The Labute approximate surface area is 203 Å². The largest absolute Gasteiger partial charge is 0.462 e. The molecule has 0 bridgehead atoms. The maximum absolute atomic E-state index is 13.6. The van der Waals surface area contributed by atoms with Crippen molar-refractivity contribution in [2.24, 2.45) is 5.92 Å². The number of hydrogen-bond donors (Lipinski definition) is 2. The molecule has 0 spiro atoms. The first-order chi connectivity index (χ1) is 16.7. The molecule has 1 aliphatic rings. The Kier molecular flexibility index (Phi) is 7.08. The van der Waals surface area contributed by atoms with Crippen molar-refractivity contribution in [1.82, 2.24) is 14.4 Å². The number of rotatable bonds is 7. The SMILES string of the molecule is CCOC(=O)c1c(C)[nH]c(C)c1S(=O)(=O)N1CCCC(C(=O)Nc2ccc(-c3ccno3)cc2)C1. The van der Waals surface area contributed by atoms with Crippen molar-refractivity contribution in [3.8, 4) is 11.3 Å². The number of aryl methyl sites for hydroxylation is 2. The molecule has 1 fully saturated rings. The second kappa shape index (κ2) is 10.0. The molecule has 2 aromatic heterocycles. The van der Waals surface area contributed by atoms with E-state index in [1.54, 1.807) is 45.2 Å². The Morgan fingerprint density at radius 1 is 1.20 bits per heavy atom. The van der Waals surface area contributed by atoms with Gasteiger partial charge in [0.25, 0.3) is 0 Å². The fourth-order valence-corrected chi connectivity index (χ4v) is 6.30. The lowest BCUT2D eigenvalue weighted by Crippen LogP contribution is -2.44. The maximum Gasteiger partial charge on any atom is 0.341 e. The number of nitrogens with zero attached hydrogens (tertiary/aromatic N) is 2. The van der Waals surface area contributed by atoms with Crippen LogP contribution in [0.25, 0.3) is 11.3 Å². The van der Waals surface area contributed by atoms with Gasteiger partial charge in [-0.1, -0.05) is 5.16 Å². The first-order valence-electron chi connectivity index (χ1n) is 11.4. The number of H-pyrrole nitrogens is 1. The van der Waals surface area contributed by atoms with Crippen molar-refractivity contribution in [1.29, 1.82) is 0 Å². The van der Waals surface area contributed by atoms with E-state index < -0.39 is 21.9 Å². The van der Waals surface area contributed by atoms with E-state index in [2.05, 4.69) is 15.5 Å². The number of aromatic nitrogens is 2. The third kappa shape index (κ3) is 5.01. The van der Waals surface area contributed by atoms with E-state index in [0.717, 1.165) is 5.56 Å². The van der Waals surface area contributed by atoms with E-state index in [-0.39, 0.29) is 36.1 Å². The molecule has 0 saturated carbocycles. The molecule has 1 saturated heterocycles. The summed E-state index contributed by atoms with van der Waals surface area (Å²) in [5, 5.41) is 6.55. The van der Waals surface area contributed by atoms with Crippen molar-refractivity contribution in [3.05, 3.63) is 53.5 Å². The van der Waals surface area contributed by atoms with E-state index in [0.29, 0.717) is 35.7 Å². The van der Waals surface area contributed by atoms with Crippen LogP contribution in [0.3, 0.4) is 0 Å². The highest BCUT2D eigenvalue weighted by Gasteiger charge is 2.38. The van der Waals surface area contributed by atoms with Gasteiger partial charge in [0, 0.05) is 41.8 Å². The first-order valence-corrected chi connectivity index (χ1v) is 12.8. The van der Waals surface area contributed by atoms with Gasteiger partial charge in [0.2, 0.25) is 15.9 Å².